The number of benzene rings is 1. The minimum absolute atomic E-state index is 0.246. The average Bonchev–Trinajstić information content (AvgIpc) is 3.11. The molecule has 0 aliphatic rings. The number of hydrogen-bond donors (Lipinski definition) is 2. The van der Waals surface area contributed by atoms with Gasteiger partial charge in [0, 0.05) is 37.1 Å². The van der Waals surface area contributed by atoms with Gasteiger partial charge < -0.3 is 10.6 Å². The van der Waals surface area contributed by atoms with Gasteiger partial charge in [-0.3, -0.25) is 9.36 Å². The highest BCUT2D eigenvalue weighted by Crippen LogP contribution is 2.10. The zero-order valence-electron chi connectivity index (χ0n) is 12.4. The topological polar surface area (TPSA) is 59.7 Å². The summed E-state index contributed by atoms with van der Waals surface area (Å²) in [5.41, 5.74) is 0.580. The summed E-state index contributed by atoms with van der Waals surface area (Å²) < 4.78 is 17.0. The second-order valence-electron chi connectivity index (χ2n) is 4.94. The number of hydrogen-bond acceptors (Lipinski definition) is 3. The lowest BCUT2D eigenvalue weighted by Crippen LogP contribution is -2.20. The van der Waals surface area contributed by atoms with E-state index in [1.807, 2.05) is 19.3 Å². The molecular formula is C15H15FN6S. The average molecular weight is 330 g/mol. The van der Waals surface area contributed by atoms with E-state index in [-0.39, 0.29) is 5.82 Å². The van der Waals surface area contributed by atoms with Crippen LogP contribution in [0.25, 0.3) is 0 Å². The molecule has 0 atom stereocenters. The van der Waals surface area contributed by atoms with Crippen molar-refractivity contribution in [3.8, 4) is 0 Å². The molecule has 2 N–H and O–H groups in total. The number of nitrogens with zero attached hydrogens (tertiary/aromatic N) is 4. The molecule has 118 valence electrons. The number of nitrogens with one attached hydrogen (secondary N) is 2. The van der Waals surface area contributed by atoms with Crippen molar-refractivity contribution in [1.82, 2.24) is 19.6 Å². The fourth-order valence-electron chi connectivity index (χ4n) is 2.06. The van der Waals surface area contributed by atoms with E-state index < -0.39 is 0 Å². The highest BCUT2D eigenvalue weighted by molar-refractivity contribution is 7.80. The molecule has 2 aromatic heterocycles. The molecule has 0 bridgehead atoms. The molecule has 1 aromatic carbocycles. The van der Waals surface area contributed by atoms with E-state index in [0.29, 0.717) is 28.9 Å². The third-order valence-electron chi connectivity index (χ3n) is 3.13. The van der Waals surface area contributed by atoms with Crippen LogP contribution in [0.5, 0.6) is 0 Å². The molecule has 6 nitrogen and oxygen atoms in total. The molecule has 0 fully saturated rings. The third kappa shape index (κ3) is 3.92. The molecule has 0 saturated heterocycles. The van der Waals surface area contributed by atoms with Crippen LogP contribution in [0.4, 0.5) is 16.0 Å². The molecule has 8 heteroatoms. The lowest BCUT2D eigenvalue weighted by molar-refractivity contribution is 0.586. The lowest BCUT2D eigenvalue weighted by Gasteiger charge is -2.06. The number of halogens is 1. The first kappa shape index (κ1) is 15.2. The molecule has 3 rings (SSSR count). The molecule has 23 heavy (non-hydrogen) atoms. The van der Waals surface area contributed by atoms with E-state index in [1.54, 1.807) is 39.8 Å². The van der Waals surface area contributed by atoms with E-state index in [0.717, 1.165) is 0 Å². The lowest BCUT2D eigenvalue weighted by atomic mass is 10.2. The fraction of sp³-hybridized carbons (Fsp3) is 0.133. The highest BCUT2D eigenvalue weighted by Gasteiger charge is 2.06. The molecule has 0 aliphatic carbocycles. The predicted molar refractivity (Wildman–Crippen MR) is 90.8 cm³/mol. The van der Waals surface area contributed by atoms with Crippen molar-refractivity contribution in [1.29, 1.82) is 0 Å². The summed E-state index contributed by atoms with van der Waals surface area (Å²) >= 11 is 5.21. The summed E-state index contributed by atoms with van der Waals surface area (Å²) in [4.78, 5) is 0. The quantitative estimate of drug-likeness (QED) is 0.720. The standard InChI is InChI=1S/C15H15FN6S/c1-21-8-6-13(19-21)17-15(23)18-14-7-9-22(20-14)10-11-4-2-3-5-12(11)16/h2-9H,10H2,1H3,(H2,17,18,19,20,23). The first-order valence-corrected chi connectivity index (χ1v) is 7.35. The van der Waals surface area contributed by atoms with Crippen LogP contribution in [0.1, 0.15) is 5.56 Å². The summed E-state index contributed by atoms with van der Waals surface area (Å²) in [6, 6.07) is 10.2. The van der Waals surface area contributed by atoms with Crippen LogP contribution in [-0.4, -0.2) is 24.7 Å². The number of aromatic nitrogens is 4. The Morgan fingerprint density at radius 2 is 1.78 bits per heavy atom. The van der Waals surface area contributed by atoms with Crippen LogP contribution in [0.3, 0.4) is 0 Å². The van der Waals surface area contributed by atoms with Crippen molar-refractivity contribution in [2.24, 2.45) is 7.05 Å². The predicted octanol–water partition coefficient (Wildman–Crippen LogP) is 2.61. The molecule has 0 amide bonds. The molecule has 0 radical (unpaired) electrons. The van der Waals surface area contributed by atoms with Gasteiger partial charge in [-0.1, -0.05) is 18.2 Å². The van der Waals surface area contributed by atoms with E-state index in [4.69, 9.17) is 12.2 Å². The van der Waals surface area contributed by atoms with Gasteiger partial charge in [-0.15, -0.1) is 0 Å². The summed E-state index contributed by atoms with van der Waals surface area (Å²) in [6.07, 6.45) is 3.58. The maximum Gasteiger partial charge on any atom is 0.177 e. The fourth-order valence-corrected chi connectivity index (χ4v) is 2.27. The Morgan fingerprint density at radius 1 is 1.09 bits per heavy atom. The second-order valence-corrected chi connectivity index (χ2v) is 5.35. The van der Waals surface area contributed by atoms with E-state index in [9.17, 15) is 4.39 Å². The molecule has 0 spiro atoms. The van der Waals surface area contributed by atoms with Gasteiger partial charge in [0.1, 0.15) is 5.82 Å². The molecule has 3 aromatic rings. The monoisotopic (exact) mass is 330 g/mol. The van der Waals surface area contributed by atoms with Gasteiger partial charge in [0.15, 0.2) is 16.7 Å². The normalized spacial score (nSPS) is 10.5. The van der Waals surface area contributed by atoms with Gasteiger partial charge in [-0.2, -0.15) is 10.2 Å². The van der Waals surface area contributed by atoms with E-state index in [1.165, 1.54) is 6.07 Å². The number of aryl methyl sites for hydroxylation is 1. The van der Waals surface area contributed by atoms with Gasteiger partial charge in [0.2, 0.25) is 0 Å². The molecular weight excluding hydrogens is 315 g/mol. The SMILES string of the molecule is Cn1ccc(NC(=S)Nc2ccn(Cc3ccccc3F)n2)n1. The van der Waals surface area contributed by atoms with E-state index >= 15 is 0 Å². The van der Waals surface area contributed by atoms with Crippen LogP contribution in [-0.2, 0) is 13.6 Å². The molecule has 0 saturated carbocycles. The van der Waals surface area contributed by atoms with Gasteiger partial charge in [-0.05, 0) is 18.3 Å². The van der Waals surface area contributed by atoms with Crippen molar-refractivity contribution >= 4 is 29.0 Å². The van der Waals surface area contributed by atoms with Crippen LogP contribution in [0, 0.1) is 5.82 Å². The number of anilines is 2. The Morgan fingerprint density at radius 3 is 2.48 bits per heavy atom. The Hall–Kier alpha value is -2.74. The molecule has 0 aliphatic heterocycles. The smallest absolute Gasteiger partial charge is 0.177 e. The summed E-state index contributed by atoms with van der Waals surface area (Å²) in [5, 5.41) is 14.8. The largest absolute Gasteiger partial charge is 0.316 e. The zero-order valence-corrected chi connectivity index (χ0v) is 13.2. The van der Waals surface area contributed by atoms with Crippen LogP contribution in [0.2, 0.25) is 0 Å². The van der Waals surface area contributed by atoms with Gasteiger partial charge in [0.25, 0.3) is 0 Å². The van der Waals surface area contributed by atoms with Crippen LogP contribution >= 0.6 is 12.2 Å². The highest BCUT2D eigenvalue weighted by atomic mass is 32.1. The third-order valence-corrected chi connectivity index (χ3v) is 3.33. The van der Waals surface area contributed by atoms with Gasteiger partial charge in [-0.25, -0.2) is 4.39 Å². The van der Waals surface area contributed by atoms with Crippen LogP contribution in [0.15, 0.2) is 48.8 Å². The van der Waals surface area contributed by atoms with Crippen LogP contribution < -0.4 is 10.6 Å². The zero-order chi connectivity index (χ0) is 16.2. The minimum Gasteiger partial charge on any atom is -0.316 e. The summed E-state index contributed by atoms with van der Waals surface area (Å²) in [7, 11) is 1.83. The first-order valence-electron chi connectivity index (χ1n) is 6.95. The van der Waals surface area contributed by atoms with Crippen molar-refractivity contribution in [3.05, 3.63) is 60.2 Å². The van der Waals surface area contributed by atoms with Gasteiger partial charge in [0.05, 0.1) is 6.54 Å². The number of rotatable bonds is 4. The minimum atomic E-state index is -0.246. The second kappa shape index (κ2) is 6.57. The maximum atomic E-state index is 13.6. The number of thiocarbonyl (C=S) groups is 1. The Bertz CT molecular complexity index is 825. The van der Waals surface area contributed by atoms with Crippen molar-refractivity contribution in [3.63, 3.8) is 0 Å². The van der Waals surface area contributed by atoms with Crippen molar-refractivity contribution in [2.45, 2.75) is 6.54 Å². The molecule has 0 unspecified atom stereocenters. The van der Waals surface area contributed by atoms with Crippen molar-refractivity contribution < 1.29 is 4.39 Å². The van der Waals surface area contributed by atoms with Crippen molar-refractivity contribution in [2.75, 3.05) is 10.6 Å². The maximum absolute atomic E-state index is 13.6. The van der Waals surface area contributed by atoms with E-state index in [2.05, 4.69) is 20.8 Å². The summed E-state index contributed by atoms with van der Waals surface area (Å²) in [5.74, 6) is 0.982. The Kier molecular flexibility index (Phi) is 4.33. The van der Waals surface area contributed by atoms with Gasteiger partial charge >= 0.3 is 0 Å². The Labute approximate surface area is 137 Å². The Balaban J connectivity index is 1.61. The first-order chi connectivity index (χ1) is 11.1. The summed E-state index contributed by atoms with van der Waals surface area (Å²) in [6.45, 7) is 0.356. The molecule has 2 heterocycles.